The molecular weight excluding hydrogens is 272 g/mol. The van der Waals surface area contributed by atoms with Crippen molar-refractivity contribution >= 4 is 18.0 Å². The molecule has 6 heteroatoms. The molecule has 1 amide bonds. The van der Waals surface area contributed by atoms with Crippen molar-refractivity contribution in [2.45, 2.75) is 37.5 Å². The molecule has 2 aliphatic rings. The summed E-state index contributed by atoms with van der Waals surface area (Å²) >= 11 is 0. The van der Waals surface area contributed by atoms with E-state index in [9.17, 15) is 9.59 Å². The Hall–Kier alpha value is -2.21. The van der Waals surface area contributed by atoms with E-state index in [-0.39, 0.29) is 24.2 Å². The number of nitrogens with one attached hydrogen (secondary N) is 1. The molecule has 21 heavy (non-hydrogen) atoms. The van der Waals surface area contributed by atoms with Crippen LogP contribution in [0.15, 0.2) is 24.5 Å². The molecule has 2 fully saturated rings. The fourth-order valence-electron chi connectivity index (χ4n) is 2.94. The first kappa shape index (κ1) is 13.8. The van der Waals surface area contributed by atoms with Gasteiger partial charge in [-0.25, -0.2) is 4.79 Å². The zero-order chi connectivity index (χ0) is 14.8. The van der Waals surface area contributed by atoms with Gasteiger partial charge < -0.3 is 15.2 Å². The van der Waals surface area contributed by atoms with Crippen molar-refractivity contribution in [1.82, 2.24) is 10.3 Å². The van der Waals surface area contributed by atoms with E-state index in [1.54, 1.807) is 6.07 Å². The predicted molar refractivity (Wildman–Crippen MR) is 74.7 cm³/mol. The smallest absolute Gasteiger partial charge is 0.328 e. The molecule has 2 saturated heterocycles. The average molecular weight is 288 g/mol. The molecule has 0 aromatic carbocycles. The first-order valence-corrected chi connectivity index (χ1v) is 6.95. The maximum absolute atomic E-state index is 12.4. The highest BCUT2D eigenvalue weighted by Crippen LogP contribution is 2.34. The largest absolute Gasteiger partial charge is 0.478 e. The molecule has 110 valence electrons. The molecule has 0 aliphatic carbocycles. The minimum absolute atomic E-state index is 0.0423. The quantitative estimate of drug-likeness (QED) is 0.813. The summed E-state index contributed by atoms with van der Waals surface area (Å²) in [5.41, 5.74) is 0.909. The van der Waals surface area contributed by atoms with Crippen LogP contribution in [0.3, 0.4) is 0 Å². The van der Waals surface area contributed by atoms with Gasteiger partial charge in [-0.15, -0.1) is 0 Å². The molecule has 3 rings (SSSR count). The van der Waals surface area contributed by atoms with Gasteiger partial charge in [-0.2, -0.15) is 0 Å². The summed E-state index contributed by atoms with van der Waals surface area (Å²) < 4.78 is 5.71. The lowest BCUT2D eigenvalue weighted by Gasteiger charge is -2.20. The highest BCUT2D eigenvalue weighted by molar-refractivity contribution is 5.99. The van der Waals surface area contributed by atoms with E-state index in [1.807, 2.05) is 0 Å². The van der Waals surface area contributed by atoms with Crippen LogP contribution in [0.25, 0.3) is 6.08 Å². The van der Waals surface area contributed by atoms with Crippen LogP contribution in [0.4, 0.5) is 0 Å². The van der Waals surface area contributed by atoms with Crippen LogP contribution in [0.5, 0.6) is 0 Å². The van der Waals surface area contributed by atoms with E-state index in [4.69, 9.17) is 9.84 Å². The van der Waals surface area contributed by atoms with E-state index in [0.29, 0.717) is 11.1 Å². The number of carboxylic acid groups (broad SMARTS) is 1. The number of fused-ring (bicyclic) bond motifs is 2. The van der Waals surface area contributed by atoms with Gasteiger partial charge in [0.2, 0.25) is 0 Å². The van der Waals surface area contributed by atoms with Crippen molar-refractivity contribution in [3.8, 4) is 0 Å². The Morgan fingerprint density at radius 2 is 2.29 bits per heavy atom. The molecule has 2 aliphatic heterocycles. The number of amides is 1. The summed E-state index contributed by atoms with van der Waals surface area (Å²) in [7, 11) is 0. The standard InChI is InChI=1S/C15H16N2O4/c18-14(19)4-1-9-8-16-6-5-11(9)15(20)17-12-7-10-2-3-13(12)21-10/h1,4-6,8,10,12-13H,2-3,7H2,(H,17,20)(H,18,19)/b4-1+. The summed E-state index contributed by atoms with van der Waals surface area (Å²) in [6, 6.07) is 1.63. The van der Waals surface area contributed by atoms with E-state index < -0.39 is 5.97 Å². The van der Waals surface area contributed by atoms with Gasteiger partial charge in [-0.1, -0.05) is 0 Å². The Morgan fingerprint density at radius 1 is 1.43 bits per heavy atom. The van der Waals surface area contributed by atoms with E-state index >= 15 is 0 Å². The normalized spacial score (nSPS) is 27.1. The molecule has 6 nitrogen and oxygen atoms in total. The average Bonchev–Trinajstić information content (AvgIpc) is 3.08. The molecule has 0 spiro atoms. The van der Waals surface area contributed by atoms with Gasteiger partial charge in [-0.3, -0.25) is 9.78 Å². The number of carboxylic acids is 1. The predicted octanol–water partition coefficient (Wildman–Crippen LogP) is 1.23. The van der Waals surface area contributed by atoms with Gasteiger partial charge in [-0.05, 0) is 31.4 Å². The molecule has 0 radical (unpaired) electrons. The number of carbonyl (C=O) groups is 2. The zero-order valence-electron chi connectivity index (χ0n) is 11.4. The fourth-order valence-corrected chi connectivity index (χ4v) is 2.94. The van der Waals surface area contributed by atoms with Crippen LogP contribution in [0.1, 0.15) is 35.2 Å². The topological polar surface area (TPSA) is 88.5 Å². The summed E-state index contributed by atoms with van der Waals surface area (Å²) in [5.74, 6) is -1.28. The number of nitrogens with zero attached hydrogens (tertiary/aromatic N) is 1. The van der Waals surface area contributed by atoms with Crippen LogP contribution < -0.4 is 5.32 Å². The number of rotatable bonds is 4. The third kappa shape index (κ3) is 2.95. The summed E-state index contributed by atoms with van der Waals surface area (Å²) in [6.07, 6.45) is 8.65. The second kappa shape index (κ2) is 5.65. The van der Waals surface area contributed by atoms with Crippen molar-refractivity contribution < 1.29 is 19.4 Å². The first-order valence-electron chi connectivity index (χ1n) is 6.95. The van der Waals surface area contributed by atoms with E-state index in [2.05, 4.69) is 10.3 Å². The Bertz CT molecular complexity index is 599. The highest BCUT2D eigenvalue weighted by Gasteiger charge is 2.41. The van der Waals surface area contributed by atoms with Gasteiger partial charge in [0, 0.05) is 29.6 Å². The fraction of sp³-hybridized carbons (Fsp3) is 0.400. The lowest BCUT2D eigenvalue weighted by Crippen LogP contribution is -2.41. The van der Waals surface area contributed by atoms with Crippen molar-refractivity contribution in [2.24, 2.45) is 0 Å². The summed E-state index contributed by atoms with van der Waals surface area (Å²) in [4.78, 5) is 26.9. The van der Waals surface area contributed by atoms with Crippen molar-refractivity contribution in [2.75, 3.05) is 0 Å². The molecule has 1 aromatic heterocycles. The molecule has 3 atom stereocenters. The van der Waals surface area contributed by atoms with Crippen LogP contribution in [0, 0.1) is 0 Å². The van der Waals surface area contributed by atoms with Crippen LogP contribution in [0.2, 0.25) is 0 Å². The Balaban J connectivity index is 1.74. The molecule has 3 heterocycles. The van der Waals surface area contributed by atoms with E-state index in [0.717, 1.165) is 25.3 Å². The van der Waals surface area contributed by atoms with Crippen molar-refractivity contribution in [3.05, 3.63) is 35.7 Å². The summed E-state index contributed by atoms with van der Waals surface area (Å²) in [5, 5.41) is 11.7. The van der Waals surface area contributed by atoms with Crippen molar-refractivity contribution in [3.63, 3.8) is 0 Å². The number of aromatic nitrogens is 1. The zero-order valence-corrected chi connectivity index (χ0v) is 11.4. The summed E-state index contributed by atoms with van der Waals surface area (Å²) in [6.45, 7) is 0. The third-order valence-electron chi connectivity index (χ3n) is 3.92. The SMILES string of the molecule is O=C(O)/C=C/c1cnccc1C(=O)NC1CC2CCC1O2. The maximum atomic E-state index is 12.4. The van der Waals surface area contributed by atoms with E-state index in [1.165, 1.54) is 18.5 Å². The lowest BCUT2D eigenvalue weighted by molar-refractivity contribution is -0.131. The molecule has 1 aromatic rings. The number of carbonyl (C=O) groups excluding carboxylic acids is 1. The molecule has 0 saturated carbocycles. The third-order valence-corrected chi connectivity index (χ3v) is 3.92. The van der Waals surface area contributed by atoms with Gasteiger partial charge >= 0.3 is 5.97 Å². The van der Waals surface area contributed by atoms with Crippen LogP contribution in [-0.2, 0) is 9.53 Å². The molecule has 2 bridgehead atoms. The number of hydrogen-bond donors (Lipinski definition) is 2. The number of ether oxygens (including phenoxy) is 1. The Kier molecular flexibility index (Phi) is 3.70. The second-order valence-corrected chi connectivity index (χ2v) is 5.32. The number of pyridine rings is 1. The molecular formula is C15H16N2O4. The minimum Gasteiger partial charge on any atom is -0.478 e. The Labute approximate surface area is 121 Å². The van der Waals surface area contributed by atoms with Gasteiger partial charge in [0.15, 0.2) is 0 Å². The van der Waals surface area contributed by atoms with Crippen LogP contribution in [-0.4, -0.2) is 40.2 Å². The first-order chi connectivity index (χ1) is 10.1. The second-order valence-electron chi connectivity index (χ2n) is 5.32. The maximum Gasteiger partial charge on any atom is 0.328 e. The van der Waals surface area contributed by atoms with Gasteiger partial charge in [0.1, 0.15) is 0 Å². The number of aliphatic carboxylic acids is 1. The van der Waals surface area contributed by atoms with Gasteiger partial charge in [0.25, 0.3) is 5.91 Å². The molecule has 2 N–H and O–H groups in total. The lowest BCUT2D eigenvalue weighted by atomic mass is 9.95. The van der Waals surface area contributed by atoms with Crippen molar-refractivity contribution in [1.29, 1.82) is 0 Å². The van der Waals surface area contributed by atoms with Gasteiger partial charge in [0.05, 0.1) is 18.2 Å². The van der Waals surface area contributed by atoms with Crippen LogP contribution >= 0.6 is 0 Å². The minimum atomic E-state index is -1.06. The molecule has 3 unspecified atom stereocenters. The Morgan fingerprint density at radius 3 is 2.95 bits per heavy atom. The monoisotopic (exact) mass is 288 g/mol. The number of hydrogen-bond acceptors (Lipinski definition) is 4. The highest BCUT2D eigenvalue weighted by atomic mass is 16.5.